The quantitative estimate of drug-likeness (QED) is 0.651. The number of aliphatic hydroxyl groups is 1. The summed E-state index contributed by atoms with van der Waals surface area (Å²) in [6.07, 6.45) is 5.37. The summed E-state index contributed by atoms with van der Waals surface area (Å²) in [5, 5.41) is 21.4. The Morgan fingerprint density at radius 2 is 2.19 bits per heavy atom. The van der Waals surface area contributed by atoms with Crippen LogP contribution in [0.3, 0.4) is 0 Å². The van der Waals surface area contributed by atoms with Crippen molar-refractivity contribution in [3.05, 3.63) is 0 Å². The number of carbonyl (C=O) groups is 1. The summed E-state index contributed by atoms with van der Waals surface area (Å²) in [5.74, 6) is 1.29. The Labute approximate surface area is 96.0 Å². The SMILES string of the molecule is CC(O)(CNCC1CC2CCC1C2)C(=O)O. The fraction of sp³-hybridized carbons (Fsp3) is 0.917. The van der Waals surface area contributed by atoms with Crippen molar-refractivity contribution < 1.29 is 15.0 Å². The van der Waals surface area contributed by atoms with Gasteiger partial charge in [0.05, 0.1) is 0 Å². The van der Waals surface area contributed by atoms with Crippen molar-refractivity contribution in [1.82, 2.24) is 5.32 Å². The number of nitrogens with one attached hydrogen (secondary N) is 1. The van der Waals surface area contributed by atoms with Gasteiger partial charge in [0, 0.05) is 6.54 Å². The van der Waals surface area contributed by atoms with Crippen LogP contribution in [0.1, 0.15) is 32.6 Å². The summed E-state index contributed by atoms with van der Waals surface area (Å²) in [5.41, 5.74) is -1.64. The molecule has 0 aliphatic heterocycles. The van der Waals surface area contributed by atoms with Gasteiger partial charge in [0.15, 0.2) is 5.60 Å². The fourth-order valence-electron chi connectivity index (χ4n) is 3.20. The van der Waals surface area contributed by atoms with Crippen molar-refractivity contribution in [2.24, 2.45) is 17.8 Å². The number of fused-ring (bicyclic) bond motifs is 2. The molecule has 0 saturated heterocycles. The predicted molar refractivity (Wildman–Crippen MR) is 60.1 cm³/mol. The van der Waals surface area contributed by atoms with Crippen molar-refractivity contribution in [3.8, 4) is 0 Å². The molecular formula is C12H21NO3. The number of carboxylic acids is 1. The molecular weight excluding hydrogens is 206 g/mol. The maximum Gasteiger partial charge on any atom is 0.336 e. The summed E-state index contributed by atoms with van der Waals surface area (Å²) >= 11 is 0. The molecule has 3 N–H and O–H groups in total. The number of hydrogen-bond acceptors (Lipinski definition) is 3. The molecule has 4 unspecified atom stereocenters. The first-order valence-electron chi connectivity index (χ1n) is 6.15. The summed E-state index contributed by atoms with van der Waals surface area (Å²) in [7, 11) is 0. The van der Waals surface area contributed by atoms with Crippen LogP contribution in [0.15, 0.2) is 0 Å². The van der Waals surface area contributed by atoms with Gasteiger partial charge in [0.2, 0.25) is 0 Å². The molecule has 4 nitrogen and oxygen atoms in total. The number of carboxylic acid groups (broad SMARTS) is 1. The van der Waals surface area contributed by atoms with E-state index in [1.165, 1.54) is 32.6 Å². The molecule has 0 aromatic heterocycles. The Bertz CT molecular complexity index is 277. The average molecular weight is 227 g/mol. The zero-order valence-corrected chi connectivity index (χ0v) is 9.78. The minimum atomic E-state index is -1.64. The molecule has 16 heavy (non-hydrogen) atoms. The molecule has 0 spiro atoms. The van der Waals surface area contributed by atoms with Gasteiger partial charge in [-0.3, -0.25) is 0 Å². The minimum absolute atomic E-state index is 0.135. The highest BCUT2D eigenvalue weighted by Gasteiger charge is 2.39. The zero-order valence-electron chi connectivity index (χ0n) is 9.78. The second-order valence-electron chi connectivity index (χ2n) is 5.64. The standard InChI is InChI=1S/C12H21NO3/c1-12(16,11(14)15)7-13-6-10-5-8-2-3-9(10)4-8/h8-10,13,16H,2-7H2,1H3,(H,14,15). The molecule has 2 rings (SSSR count). The van der Waals surface area contributed by atoms with Crippen LogP contribution in [0.5, 0.6) is 0 Å². The number of hydrogen-bond donors (Lipinski definition) is 3. The van der Waals surface area contributed by atoms with Gasteiger partial charge in [-0.05, 0) is 50.5 Å². The Morgan fingerprint density at radius 3 is 2.69 bits per heavy atom. The lowest BCUT2D eigenvalue weighted by Crippen LogP contribution is -2.46. The van der Waals surface area contributed by atoms with Gasteiger partial charge < -0.3 is 15.5 Å². The zero-order chi connectivity index (χ0) is 11.8. The summed E-state index contributed by atoms with van der Waals surface area (Å²) in [6.45, 7) is 2.32. The highest BCUT2D eigenvalue weighted by Crippen LogP contribution is 2.47. The van der Waals surface area contributed by atoms with Crippen LogP contribution in [0, 0.1) is 17.8 Å². The molecule has 2 fully saturated rings. The van der Waals surface area contributed by atoms with Crippen LogP contribution < -0.4 is 5.32 Å². The summed E-state index contributed by atoms with van der Waals surface area (Å²) in [4.78, 5) is 10.7. The second kappa shape index (κ2) is 4.34. The predicted octanol–water partition coefficient (Wildman–Crippen LogP) is 0.848. The topological polar surface area (TPSA) is 69.6 Å². The van der Waals surface area contributed by atoms with Crippen LogP contribution >= 0.6 is 0 Å². The van der Waals surface area contributed by atoms with E-state index in [0.717, 1.165) is 18.4 Å². The minimum Gasteiger partial charge on any atom is -0.479 e. The molecule has 2 saturated carbocycles. The van der Waals surface area contributed by atoms with Crippen LogP contribution in [-0.4, -0.2) is 34.9 Å². The molecule has 0 radical (unpaired) electrons. The largest absolute Gasteiger partial charge is 0.479 e. The van der Waals surface area contributed by atoms with Gasteiger partial charge in [-0.1, -0.05) is 6.42 Å². The van der Waals surface area contributed by atoms with Crippen LogP contribution in [0.25, 0.3) is 0 Å². The van der Waals surface area contributed by atoms with E-state index >= 15 is 0 Å². The molecule has 0 aromatic rings. The number of rotatable bonds is 5. The molecule has 92 valence electrons. The normalized spacial score (nSPS) is 36.2. The lowest BCUT2D eigenvalue weighted by molar-refractivity contribution is -0.156. The molecule has 0 aromatic carbocycles. The average Bonchev–Trinajstić information content (AvgIpc) is 2.78. The summed E-state index contributed by atoms with van der Waals surface area (Å²) in [6, 6.07) is 0. The van der Waals surface area contributed by atoms with E-state index in [4.69, 9.17) is 5.11 Å². The van der Waals surface area contributed by atoms with E-state index in [1.54, 1.807) is 0 Å². The smallest absolute Gasteiger partial charge is 0.336 e. The molecule has 0 heterocycles. The highest BCUT2D eigenvalue weighted by molar-refractivity contribution is 5.76. The van der Waals surface area contributed by atoms with Crippen LogP contribution in [0.4, 0.5) is 0 Å². The molecule has 4 heteroatoms. The number of aliphatic carboxylic acids is 1. The maximum absolute atomic E-state index is 10.7. The highest BCUT2D eigenvalue weighted by atomic mass is 16.4. The van der Waals surface area contributed by atoms with E-state index < -0.39 is 11.6 Å². The van der Waals surface area contributed by atoms with Gasteiger partial charge in [-0.15, -0.1) is 0 Å². The Morgan fingerprint density at radius 1 is 1.44 bits per heavy atom. The van der Waals surface area contributed by atoms with Gasteiger partial charge in [0.25, 0.3) is 0 Å². The van der Waals surface area contributed by atoms with Crippen molar-refractivity contribution in [2.75, 3.05) is 13.1 Å². The van der Waals surface area contributed by atoms with Gasteiger partial charge >= 0.3 is 5.97 Å². The first kappa shape index (κ1) is 11.9. The lowest BCUT2D eigenvalue weighted by atomic mass is 9.89. The van der Waals surface area contributed by atoms with Crippen LogP contribution in [-0.2, 0) is 4.79 Å². The monoisotopic (exact) mass is 227 g/mol. The molecule has 2 aliphatic carbocycles. The molecule has 2 bridgehead atoms. The maximum atomic E-state index is 10.7. The first-order chi connectivity index (χ1) is 7.49. The van der Waals surface area contributed by atoms with Crippen molar-refractivity contribution >= 4 is 5.97 Å². The van der Waals surface area contributed by atoms with E-state index in [-0.39, 0.29) is 6.54 Å². The van der Waals surface area contributed by atoms with Crippen molar-refractivity contribution in [2.45, 2.75) is 38.2 Å². The van der Waals surface area contributed by atoms with Gasteiger partial charge in [0.1, 0.15) is 0 Å². The molecule has 0 amide bonds. The van der Waals surface area contributed by atoms with E-state index in [9.17, 15) is 9.90 Å². The first-order valence-corrected chi connectivity index (χ1v) is 6.15. The van der Waals surface area contributed by atoms with Crippen LogP contribution in [0.2, 0.25) is 0 Å². The fourth-order valence-corrected chi connectivity index (χ4v) is 3.20. The Hall–Kier alpha value is -0.610. The van der Waals surface area contributed by atoms with Gasteiger partial charge in [-0.25, -0.2) is 4.79 Å². The third-order valence-corrected chi connectivity index (χ3v) is 4.22. The van der Waals surface area contributed by atoms with Gasteiger partial charge in [-0.2, -0.15) is 0 Å². The summed E-state index contributed by atoms with van der Waals surface area (Å²) < 4.78 is 0. The third kappa shape index (κ3) is 2.38. The van der Waals surface area contributed by atoms with E-state index in [0.29, 0.717) is 5.92 Å². The lowest BCUT2D eigenvalue weighted by Gasteiger charge is -2.24. The Kier molecular flexibility index (Phi) is 3.22. The third-order valence-electron chi connectivity index (χ3n) is 4.22. The molecule has 4 atom stereocenters. The van der Waals surface area contributed by atoms with E-state index in [2.05, 4.69) is 5.32 Å². The van der Waals surface area contributed by atoms with Crippen molar-refractivity contribution in [3.63, 3.8) is 0 Å². The van der Waals surface area contributed by atoms with Crippen molar-refractivity contribution in [1.29, 1.82) is 0 Å². The molecule has 2 aliphatic rings. The second-order valence-corrected chi connectivity index (χ2v) is 5.64. The van der Waals surface area contributed by atoms with E-state index in [1.807, 2.05) is 0 Å². The Balaban J connectivity index is 1.71.